The largest absolute Gasteiger partial charge is 0.478 e. The Morgan fingerprint density at radius 3 is 1.38 bits per heavy atom. The third-order valence-electron chi connectivity index (χ3n) is 4.33. The molecule has 0 heterocycles. The maximum Gasteiger partial charge on any atom is 0.335 e. The van der Waals surface area contributed by atoms with Crippen LogP contribution in [0.2, 0.25) is 0 Å². The number of carboxylic acid groups (broad SMARTS) is 2. The first-order valence-corrected chi connectivity index (χ1v) is 7.41. The summed E-state index contributed by atoms with van der Waals surface area (Å²) in [7, 11) is 0. The summed E-state index contributed by atoms with van der Waals surface area (Å²) in [5, 5.41) is 23.9. The molecule has 4 rings (SSSR count). The van der Waals surface area contributed by atoms with Crippen LogP contribution < -0.4 is 0 Å². The molecule has 4 nitrogen and oxygen atoms in total. The number of carbonyl (C=O) groups is 2. The molecule has 0 fully saturated rings. The number of aromatic carboxylic acids is 2. The minimum absolute atomic E-state index is 0.210. The molecule has 4 aromatic rings. The summed E-state index contributed by atoms with van der Waals surface area (Å²) < 4.78 is 0. The summed E-state index contributed by atoms with van der Waals surface area (Å²) in [5.41, 5.74) is 0.419. The van der Waals surface area contributed by atoms with Crippen molar-refractivity contribution in [2.45, 2.75) is 0 Å². The maximum atomic E-state index is 11.3. The molecule has 0 amide bonds. The highest BCUT2D eigenvalue weighted by Crippen LogP contribution is 2.35. The number of benzene rings is 4. The smallest absolute Gasteiger partial charge is 0.335 e. The van der Waals surface area contributed by atoms with E-state index in [1.54, 1.807) is 30.3 Å². The third-order valence-corrected chi connectivity index (χ3v) is 4.33. The van der Waals surface area contributed by atoms with E-state index in [1.807, 2.05) is 30.3 Å². The quantitative estimate of drug-likeness (QED) is 0.532. The summed E-state index contributed by atoms with van der Waals surface area (Å²) in [5.74, 6) is -1.97. The van der Waals surface area contributed by atoms with Crippen LogP contribution in [-0.2, 0) is 0 Å². The molecule has 0 saturated carbocycles. The summed E-state index contributed by atoms with van der Waals surface area (Å²) >= 11 is 0. The molecule has 0 unspecified atom stereocenters. The number of hydrogen-bond donors (Lipinski definition) is 2. The first-order chi connectivity index (χ1) is 11.6. The van der Waals surface area contributed by atoms with Gasteiger partial charge in [-0.3, -0.25) is 0 Å². The summed E-state index contributed by atoms with van der Waals surface area (Å²) in [6.07, 6.45) is 0. The lowest BCUT2D eigenvalue weighted by Crippen LogP contribution is -1.97. The van der Waals surface area contributed by atoms with Gasteiger partial charge in [-0.2, -0.15) is 0 Å². The Hall–Kier alpha value is -3.40. The zero-order chi connectivity index (χ0) is 16.8. The van der Waals surface area contributed by atoms with Crippen molar-refractivity contribution in [3.05, 3.63) is 71.8 Å². The Morgan fingerprint density at radius 2 is 0.917 bits per heavy atom. The number of rotatable bonds is 2. The minimum atomic E-state index is -0.986. The molecular formula is C20H12O4. The number of hydrogen-bond acceptors (Lipinski definition) is 2. The first kappa shape index (κ1) is 14.2. The second-order valence-corrected chi connectivity index (χ2v) is 5.68. The molecule has 4 aromatic carbocycles. The molecular weight excluding hydrogens is 304 g/mol. The van der Waals surface area contributed by atoms with E-state index in [0.29, 0.717) is 0 Å². The summed E-state index contributed by atoms with van der Waals surface area (Å²) in [6, 6.07) is 17.7. The van der Waals surface area contributed by atoms with Crippen LogP contribution in [-0.4, -0.2) is 22.2 Å². The van der Waals surface area contributed by atoms with Crippen molar-refractivity contribution in [3.63, 3.8) is 0 Å². The van der Waals surface area contributed by atoms with Gasteiger partial charge in [-0.05, 0) is 56.6 Å². The van der Waals surface area contributed by atoms with Gasteiger partial charge in [0.15, 0.2) is 0 Å². The zero-order valence-corrected chi connectivity index (χ0v) is 12.5. The average Bonchev–Trinajstić information content (AvgIpc) is 2.61. The molecule has 0 radical (unpaired) electrons. The van der Waals surface area contributed by atoms with Crippen molar-refractivity contribution in [1.82, 2.24) is 0 Å². The molecule has 2 N–H and O–H groups in total. The lowest BCUT2D eigenvalue weighted by atomic mass is 9.92. The zero-order valence-electron chi connectivity index (χ0n) is 12.5. The van der Waals surface area contributed by atoms with Crippen molar-refractivity contribution >= 4 is 44.3 Å². The van der Waals surface area contributed by atoms with Gasteiger partial charge in [0.05, 0.1) is 11.1 Å². The SMILES string of the molecule is O=C(O)c1ccc2c(c1)c1ccccc1c1ccc(C(=O)O)cc12. The Balaban J connectivity index is 2.27. The van der Waals surface area contributed by atoms with Crippen LogP contribution in [0.1, 0.15) is 20.7 Å². The van der Waals surface area contributed by atoms with Crippen molar-refractivity contribution in [2.24, 2.45) is 0 Å². The van der Waals surface area contributed by atoms with Crippen molar-refractivity contribution < 1.29 is 19.8 Å². The van der Waals surface area contributed by atoms with Gasteiger partial charge in [0.25, 0.3) is 0 Å². The predicted molar refractivity (Wildman–Crippen MR) is 92.9 cm³/mol. The lowest BCUT2D eigenvalue weighted by molar-refractivity contribution is 0.0686. The highest BCUT2D eigenvalue weighted by molar-refractivity contribution is 6.26. The Bertz CT molecular complexity index is 1110. The van der Waals surface area contributed by atoms with E-state index in [2.05, 4.69) is 0 Å². The molecule has 0 bridgehead atoms. The van der Waals surface area contributed by atoms with Crippen LogP contribution >= 0.6 is 0 Å². The monoisotopic (exact) mass is 316 g/mol. The second kappa shape index (κ2) is 5.06. The van der Waals surface area contributed by atoms with Gasteiger partial charge < -0.3 is 10.2 Å². The molecule has 0 aliphatic heterocycles. The molecule has 0 saturated heterocycles. The average molecular weight is 316 g/mol. The van der Waals surface area contributed by atoms with E-state index < -0.39 is 11.9 Å². The summed E-state index contributed by atoms with van der Waals surface area (Å²) in [6.45, 7) is 0. The van der Waals surface area contributed by atoms with Gasteiger partial charge in [-0.1, -0.05) is 36.4 Å². The Morgan fingerprint density at radius 1 is 0.542 bits per heavy atom. The third kappa shape index (κ3) is 2.01. The molecule has 4 heteroatoms. The van der Waals surface area contributed by atoms with Crippen molar-refractivity contribution in [3.8, 4) is 0 Å². The van der Waals surface area contributed by atoms with Gasteiger partial charge in [0.1, 0.15) is 0 Å². The standard InChI is InChI=1S/C20H12O4/c21-19(22)11-5-7-15-13-3-1-2-4-14(13)17-9-12(20(23)24)6-8-16(17)18(15)10-11/h1-10H,(H,21,22)(H,23,24). The molecule has 0 aromatic heterocycles. The van der Waals surface area contributed by atoms with Crippen LogP contribution in [0.4, 0.5) is 0 Å². The normalized spacial score (nSPS) is 11.2. The van der Waals surface area contributed by atoms with Crippen LogP contribution in [0.5, 0.6) is 0 Å². The maximum absolute atomic E-state index is 11.3. The predicted octanol–water partition coefficient (Wildman–Crippen LogP) is 4.54. The van der Waals surface area contributed by atoms with Crippen molar-refractivity contribution in [1.29, 1.82) is 0 Å². The first-order valence-electron chi connectivity index (χ1n) is 7.41. The van der Waals surface area contributed by atoms with Crippen molar-refractivity contribution in [2.75, 3.05) is 0 Å². The van der Waals surface area contributed by atoms with Gasteiger partial charge in [-0.15, -0.1) is 0 Å². The van der Waals surface area contributed by atoms with Crippen LogP contribution in [0, 0.1) is 0 Å². The molecule has 24 heavy (non-hydrogen) atoms. The van der Waals surface area contributed by atoms with E-state index in [9.17, 15) is 19.8 Å². The van der Waals surface area contributed by atoms with Crippen LogP contribution in [0.25, 0.3) is 32.3 Å². The van der Waals surface area contributed by atoms with E-state index in [1.165, 1.54) is 0 Å². The second-order valence-electron chi connectivity index (χ2n) is 5.68. The van der Waals surface area contributed by atoms with Gasteiger partial charge in [0.2, 0.25) is 0 Å². The van der Waals surface area contributed by atoms with E-state index in [4.69, 9.17) is 0 Å². The minimum Gasteiger partial charge on any atom is -0.478 e. The molecule has 0 spiro atoms. The van der Waals surface area contributed by atoms with Gasteiger partial charge in [-0.25, -0.2) is 9.59 Å². The van der Waals surface area contributed by atoms with Gasteiger partial charge >= 0.3 is 11.9 Å². The van der Waals surface area contributed by atoms with E-state index in [-0.39, 0.29) is 11.1 Å². The highest BCUT2D eigenvalue weighted by Gasteiger charge is 2.13. The Labute approximate surface area is 136 Å². The number of carboxylic acids is 2. The molecule has 0 aliphatic carbocycles. The van der Waals surface area contributed by atoms with Crippen LogP contribution in [0.3, 0.4) is 0 Å². The fourth-order valence-corrected chi connectivity index (χ4v) is 3.22. The highest BCUT2D eigenvalue weighted by atomic mass is 16.4. The fourth-order valence-electron chi connectivity index (χ4n) is 3.22. The molecule has 116 valence electrons. The lowest BCUT2D eigenvalue weighted by Gasteiger charge is -2.11. The van der Waals surface area contributed by atoms with Gasteiger partial charge in [0, 0.05) is 0 Å². The van der Waals surface area contributed by atoms with E-state index >= 15 is 0 Å². The number of fused-ring (bicyclic) bond motifs is 6. The fraction of sp³-hybridized carbons (Fsp3) is 0. The molecule has 0 atom stereocenters. The van der Waals surface area contributed by atoms with E-state index in [0.717, 1.165) is 32.3 Å². The Kier molecular flexibility index (Phi) is 3.00. The topological polar surface area (TPSA) is 74.6 Å². The molecule has 0 aliphatic rings. The summed E-state index contributed by atoms with van der Waals surface area (Å²) in [4.78, 5) is 22.6. The van der Waals surface area contributed by atoms with Crippen LogP contribution in [0.15, 0.2) is 60.7 Å².